The second-order valence-corrected chi connectivity index (χ2v) is 2.53. The molecule has 6 nitrogen and oxygen atoms in total. The zero-order chi connectivity index (χ0) is 10.3. The monoisotopic (exact) mass is 190 g/mol. The third kappa shape index (κ3) is 5.92. The number of rotatable bonds is 6. The van der Waals surface area contributed by atoms with Gasteiger partial charge in [-0.25, -0.2) is 9.59 Å². The van der Waals surface area contributed by atoms with E-state index in [2.05, 4.69) is 5.32 Å². The molecule has 0 fully saturated rings. The van der Waals surface area contributed by atoms with E-state index in [1.807, 2.05) is 0 Å². The molecule has 0 aromatic carbocycles. The molecule has 0 aliphatic rings. The lowest BCUT2D eigenvalue weighted by Crippen LogP contribution is -2.43. The van der Waals surface area contributed by atoms with Crippen LogP contribution in [0.3, 0.4) is 0 Å². The summed E-state index contributed by atoms with van der Waals surface area (Å²) in [7, 11) is 1.53. The van der Waals surface area contributed by atoms with E-state index < -0.39 is 18.0 Å². The first-order chi connectivity index (χ1) is 6.07. The topological polar surface area (TPSA) is 102 Å². The molecule has 1 unspecified atom stereocenters. The molecular formula is C7H14N2O4. The summed E-state index contributed by atoms with van der Waals surface area (Å²) in [4.78, 5) is 20.9. The predicted molar refractivity (Wildman–Crippen MR) is 45.3 cm³/mol. The van der Waals surface area contributed by atoms with Gasteiger partial charge >= 0.3 is 12.0 Å². The Morgan fingerprint density at radius 1 is 1.62 bits per heavy atom. The highest BCUT2D eigenvalue weighted by Crippen LogP contribution is 1.97. The van der Waals surface area contributed by atoms with Gasteiger partial charge in [0.15, 0.2) is 0 Å². The van der Waals surface area contributed by atoms with Crippen LogP contribution in [0, 0.1) is 0 Å². The first kappa shape index (κ1) is 11.7. The summed E-state index contributed by atoms with van der Waals surface area (Å²) in [6.07, 6.45) is 0.875. The van der Waals surface area contributed by atoms with Crippen LogP contribution in [-0.2, 0) is 9.53 Å². The van der Waals surface area contributed by atoms with Crippen molar-refractivity contribution < 1.29 is 19.4 Å². The van der Waals surface area contributed by atoms with E-state index in [0.29, 0.717) is 19.4 Å². The fourth-order valence-corrected chi connectivity index (χ4v) is 0.861. The fraction of sp³-hybridized carbons (Fsp3) is 0.714. The Balaban J connectivity index is 3.81. The Labute approximate surface area is 76.0 Å². The van der Waals surface area contributed by atoms with Crippen molar-refractivity contribution in [1.82, 2.24) is 5.32 Å². The molecule has 0 aromatic heterocycles. The van der Waals surface area contributed by atoms with Crippen LogP contribution >= 0.6 is 0 Å². The Kier molecular flexibility index (Phi) is 5.62. The van der Waals surface area contributed by atoms with Crippen molar-refractivity contribution in [3.05, 3.63) is 0 Å². The maximum Gasteiger partial charge on any atom is 0.326 e. The molecule has 13 heavy (non-hydrogen) atoms. The van der Waals surface area contributed by atoms with Crippen molar-refractivity contribution >= 4 is 12.0 Å². The van der Waals surface area contributed by atoms with Crippen LogP contribution in [-0.4, -0.2) is 36.9 Å². The number of nitrogens with one attached hydrogen (secondary N) is 1. The minimum Gasteiger partial charge on any atom is -0.480 e. The highest BCUT2D eigenvalue weighted by atomic mass is 16.5. The molecular weight excluding hydrogens is 176 g/mol. The second-order valence-electron chi connectivity index (χ2n) is 2.53. The van der Waals surface area contributed by atoms with Gasteiger partial charge in [0, 0.05) is 13.7 Å². The number of carbonyl (C=O) groups excluding carboxylic acids is 1. The third-order valence-corrected chi connectivity index (χ3v) is 1.46. The van der Waals surface area contributed by atoms with Gasteiger partial charge < -0.3 is 20.9 Å². The number of carbonyl (C=O) groups is 2. The number of carboxylic acid groups (broad SMARTS) is 1. The number of amides is 2. The maximum absolute atomic E-state index is 10.5. The van der Waals surface area contributed by atoms with Crippen molar-refractivity contribution in [2.24, 2.45) is 5.73 Å². The summed E-state index contributed by atoms with van der Waals surface area (Å²) >= 11 is 0. The summed E-state index contributed by atoms with van der Waals surface area (Å²) in [5.74, 6) is -1.09. The molecule has 0 aliphatic heterocycles. The number of ether oxygens (including phenoxy) is 1. The summed E-state index contributed by atoms with van der Waals surface area (Å²) in [5, 5.41) is 10.7. The number of hydrogen-bond donors (Lipinski definition) is 3. The van der Waals surface area contributed by atoms with Gasteiger partial charge in [0.1, 0.15) is 6.04 Å². The van der Waals surface area contributed by atoms with E-state index in [-0.39, 0.29) is 0 Å². The molecule has 0 spiro atoms. The SMILES string of the molecule is COCCCC(NC(N)=O)C(=O)O. The number of primary amides is 1. The van der Waals surface area contributed by atoms with Crippen molar-refractivity contribution in [3.8, 4) is 0 Å². The number of urea groups is 1. The number of carboxylic acids is 1. The average molecular weight is 190 g/mol. The average Bonchev–Trinajstić information content (AvgIpc) is 2.02. The van der Waals surface area contributed by atoms with E-state index in [4.69, 9.17) is 15.6 Å². The zero-order valence-corrected chi connectivity index (χ0v) is 7.45. The molecule has 0 saturated carbocycles. The lowest BCUT2D eigenvalue weighted by atomic mass is 10.1. The molecule has 0 heterocycles. The largest absolute Gasteiger partial charge is 0.480 e. The standard InChI is InChI=1S/C7H14N2O4/c1-13-4-2-3-5(6(10)11)9-7(8)12/h5H,2-4H2,1H3,(H,10,11)(H3,8,9,12). The second kappa shape index (κ2) is 6.24. The van der Waals surface area contributed by atoms with Crippen molar-refractivity contribution in [3.63, 3.8) is 0 Å². The Morgan fingerprint density at radius 2 is 2.23 bits per heavy atom. The normalized spacial score (nSPS) is 12.1. The summed E-state index contributed by atoms with van der Waals surface area (Å²) in [6.45, 7) is 0.463. The molecule has 0 saturated heterocycles. The minimum atomic E-state index is -1.09. The first-order valence-corrected chi connectivity index (χ1v) is 3.85. The molecule has 0 radical (unpaired) electrons. The van der Waals surface area contributed by atoms with Crippen LogP contribution in [0.2, 0.25) is 0 Å². The fourth-order valence-electron chi connectivity index (χ4n) is 0.861. The van der Waals surface area contributed by atoms with Gasteiger partial charge in [-0.1, -0.05) is 0 Å². The van der Waals surface area contributed by atoms with Crippen LogP contribution in [0.1, 0.15) is 12.8 Å². The van der Waals surface area contributed by atoms with Gasteiger partial charge in [0.05, 0.1) is 0 Å². The van der Waals surface area contributed by atoms with Gasteiger partial charge in [-0.3, -0.25) is 0 Å². The van der Waals surface area contributed by atoms with Crippen molar-refractivity contribution in [1.29, 1.82) is 0 Å². The molecule has 4 N–H and O–H groups in total. The molecule has 0 rings (SSSR count). The van der Waals surface area contributed by atoms with Crippen LogP contribution in [0.4, 0.5) is 4.79 Å². The van der Waals surface area contributed by atoms with E-state index >= 15 is 0 Å². The van der Waals surface area contributed by atoms with Gasteiger partial charge in [0.25, 0.3) is 0 Å². The van der Waals surface area contributed by atoms with Gasteiger partial charge in [-0.05, 0) is 12.8 Å². The molecule has 6 heteroatoms. The molecule has 1 atom stereocenters. The van der Waals surface area contributed by atoms with E-state index in [0.717, 1.165) is 0 Å². The number of nitrogens with two attached hydrogens (primary N) is 1. The molecule has 2 amide bonds. The number of hydrogen-bond acceptors (Lipinski definition) is 3. The number of aliphatic carboxylic acids is 1. The van der Waals surface area contributed by atoms with E-state index in [1.54, 1.807) is 0 Å². The Hall–Kier alpha value is -1.30. The Bertz CT molecular complexity index is 183. The lowest BCUT2D eigenvalue weighted by Gasteiger charge is -2.11. The zero-order valence-electron chi connectivity index (χ0n) is 7.45. The van der Waals surface area contributed by atoms with E-state index in [1.165, 1.54) is 7.11 Å². The third-order valence-electron chi connectivity index (χ3n) is 1.46. The highest BCUT2D eigenvalue weighted by Gasteiger charge is 2.17. The summed E-state index contributed by atoms with van der Waals surface area (Å²) in [6, 6.07) is -1.75. The molecule has 0 aromatic rings. The van der Waals surface area contributed by atoms with Gasteiger partial charge in [-0.2, -0.15) is 0 Å². The van der Waals surface area contributed by atoms with Crippen LogP contribution in [0.25, 0.3) is 0 Å². The number of methoxy groups -OCH3 is 1. The van der Waals surface area contributed by atoms with Crippen LogP contribution in [0.5, 0.6) is 0 Å². The molecule has 0 bridgehead atoms. The lowest BCUT2D eigenvalue weighted by molar-refractivity contribution is -0.139. The molecule has 76 valence electrons. The first-order valence-electron chi connectivity index (χ1n) is 3.85. The summed E-state index contributed by atoms with van der Waals surface area (Å²) < 4.78 is 4.74. The van der Waals surface area contributed by atoms with Gasteiger partial charge in [0.2, 0.25) is 0 Å². The Morgan fingerprint density at radius 3 is 2.62 bits per heavy atom. The molecule has 0 aliphatic carbocycles. The van der Waals surface area contributed by atoms with E-state index in [9.17, 15) is 9.59 Å². The maximum atomic E-state index is 10.5. The summed E-state index contributed by atoms with van der Waals surface area (Å²) in [5.41, 5.74) is 4.79. The van der Waals surface area contributed by atoms with Crippen molar-refractivity contribution in [2.45, 2.75) is 18.9 Å². The smallest absolute Gasteiger partial charge is 0.326 e. The van der Waals surface area contributed by atoms with Crippen LogP contribution < -0.4 is 11.1 Å². The van der Waals surface area contributed by atoms with Crippen molar-refractivity contribution in [2.75, 3.05) is 13.7 Å². The highest BCUT2D eigenvalue weighted by molar-refractivity contribution is 5.81. The minimum absolute atomic E-state index is 0.312. The predicted octanol–water partition coefficient (Wildman–Crippen LogP) is -0.465. The van der Waals surface area contributed by atoms with Crippen LogP contribution in [0.15, 0.2) is 0 Å². The quantitative estimate of drug-likeness (QED) is 0.493. The van der Waals surface area contributed by atoms with Gasteiger partial charge in [-0.15, -0.1) is 0 Å².